The van der Waals surface area contributed by atoms with Crippen LogP contribution < -0.4 is 5.32 Å². The van der Waals surface area contributed by atoms with Gasteiger partial charge in [-0.25, -0.2) is 0 Å². The maximum absolute atomic E-state index is 5.75. The topological polar surface area (TPSA) is 52.0 Å². The van der Waals surface area contributed by atoms with Crippen molar-refractivity contribution in [1.82, 2.24) is 20.3 Å². The van der Waals surface area contributed by atoms with E-state index in [9.17, 15) is 0 Å². The Morgan fingerprint density at radius 3 is 2.95 bits per heavy atom. The van der Waals surface area contributed by atoms with Gasteiger partial charge in [0.1, 0.15) is 0 Å². The fourth-order valence-corrected chi connectivity index (χ4v) is 2.49. The summed E-state index contributed by atoms with van der Waals surface area (Å²) in [6.07, 6.45) is 4.08. The molecule has 1 aliphatic rings. The van der Waals surface area contributed by atoms with E-state index in [1.165, 1.54) is 0 Å². The number of nitrogens with one attached hydrogen (secondary N) is 1. The van der Waals surface area contributed by atoms with Gasteiger partial charge in [0, 0.05) is 19.7 Å². The lowest BCUT2D eigenvalue weighted by atomic mass is 10.0. The molecule has 1 atom stereocenters. The van der Waals surface area contributed by atoms with Crippen molar-refractivity contribution in [3.05, 3.63) is 42.2 Å². The monoisotopic (exact) mass is 272 g/mol. The number of ether oxygens (including phenoxy) is 1. The van der Waals surface area contributed by atoms with Crippen molar-refractivity contribution in [2.75, 3.05) is 13.2 Å². The van der Waals surface area contributed by atoms with Gasteiger partial charge in [-0.3, -0.25) is 0 Å². The van der Waals surface area contributed by atoms with Gasteiger partial charge in [-0.2, -0.15) is 15.0 Å². The number of hydrogen-bond acceptors (Lipinski definition) is 4. The molecule has 0 radical (unpaired) electrons. The fraction of sp³-hybridized carbons (Fsp3) is 0.467. The molecule has 106 valence electrons. The molecule has 0 spiro atoms. The molecule has 0 saturated carbocycles. The first kappa shape index (κ1) is 13.3. The third-order valence-electron chi connectivity index (χ3n) is 3.63. The lowest BCUT2D eigenvalue weighted by Gasteiger charge is -2.23. The Balaban J connectivity index is 1.55. The highest BCUT2D eigenvalue weighted by Gasteiger charge is 2.29. The Morgan fingerprint density at radius 2 is 2.20 bits per heavy atom. The van der Waals surface area contributed by atoms with Crippen LogP contribution in [0.15, 0.2) is 36.5 Å². The first-order valence-electron chi connectivity index (χ1n) is 7.07. The van der Waals surface area contributed by atoms with Crippen LogP contribution >= 0.6 is 0 Å². The molecule has 5 nitrogen and oxygen atoms in total. The predicted molar refractivity (Wildman–Crippen MR) is 76.7 cm³/mol. The summed E-state index contributed by atoms with van der Waals surface area (Å²) < 4.78 is 5.75. The molecule has 1 aromatic carbocycles. The van der Waals surface area contributed by atoms with E-state index in [1.54, 1.807) is 11.0 Å². The maximum atomic E-state index is 5.75. The second kappa shape index (κ2) is 5.73. The molecule has 1 unspecified atom stereocenters. The summed E-state index contributed by atoms with van der Waals surface area (Å²) in [6, 6.07) is 9.93. The predicted octanol–water partition coefficient (Wildman–Crippen LogP) is 1.93. The van der Waals surface area contributed by atoms with Crippen molar-refractivity contribution < 1.29 is 4.74 Å². The number of nitrogens with zero attached hydrogens (tertiary/aromatic N) is 3. The summed E-state index contributed by atoms with van der Waals surface area (Å²) in [5.74, 6) is 0. The number of benzene rings is 1. The SMILES string of the molecule is CC1(CNCc2cnn(-c3ccccc3)n2)CCCO1. The largest absolute Gasteiger partial charge is 0.374 e. The summed E-state index contributed by atoms with van der Waals surface area (Å²) in [7, 11) is 0. The minimum atomic E-state index is -0.0184. The van der Waals surface area contributed by atoms with Crippen LogP contribution in [0, 0.1) is 0 Å². The molecule has 1 aromatic heterocycles. The second-order valence-corrected chi connectivity index (χ2v) is 5.47. The van der Waals surface area contributed by atoms with Gasteiger partial charge in [0.2, 0.25) is 0 Å². The maximum Gasteiger partial charge on any atom is 0.0969 e. The van der Waals surface area contributed by atoms with E-state index in [0.29, 0.717) is 6.54 Å². The van der Waals surface area contributed by atoms with Crippen LogP contribution in [0.1, 0.15) is 25.5 Å². The molecular formula is C15H20N4O. The number of hydrogen-bond donors (Lipinski definition) is 1. The van der Waals surface area contributed by atoms with E-state index in [4.69, 9.17) is 4.74 Å². The smallest absolute Gasteiger partial charge is 0.0969 e. The minimum absolute atomic E-state index is 0.0184. The molecule has 2 heterocycles. The van der Waals surface area contributed by atoms with Gasteiger partial charge in [0.25, 0.3) is 0 Å². The van der Waals surface area contributed by atoms with E-state index in [1.807, 2.05) is 30.3 Å². The Labute approximate surface area is 118 Å². The minimum Gasteiger partial charge on any atom is -0.374 e. The van der Waals surface area contributed by atoms with E-state index < -0.39 is 0 Å². The molecule has 1 fully saturated rings. The van der Waals surface area contributed by atoms with E-state index >= 15 is 0 Å². The number of para-hydroxylation sites is 1. The number of aromatic nitrogens is 3. The van der Waals surface area contributed by atoms with E-state index in [0.717, 1.165) is 37.4 Å². The standard InChI is InChI=1S/C15H20N4O/c1-15(8-5-9-20-15)12-16-10-13-11-17-19(18-13)14-6-3-2-4-7-14/h2-4,6-7,11,16H,5,8-10,12H2,1H3. The van der Waals surface area contributed by atoms with Crippen molar-refractivity contribution in [3.63, 3.8) is 0 Å². The summed E-state index contributed by atoms with van der Waals surface area (Å²) in [5, 5.41) is 12.2. The molecule has 1 saturated heterocycles. The number of rotatable bonds is 5. The Hall–Kier alpha value is -1.72. The first-order valence-corrected chi connectivity index (χ1v) is 7.07. The molecule has 0 amide bonds. The summed E-state index contributed by atoms with van der Waals surface area (Å²) in [5.41, 5.74) is 1.90. The zero-order valence-corrected chi connectivity index (χ0v) is 11.7. The molecule has 0 aliphatic carbocycles. The van der Waals surface area contributed by atoms with Gasteiger partial charge in [-0.1, -0.05) is 18.2 Å². The highest BCUT2D eigenvalue weighted by atomic mass is 16.5. The van der Waals surface area contributed by atoms with Crippen LogP contribution in [0.25, 0.3) is 5.69 Å². The zero-order chi connectivity index (χ0) is 13.8. The average molecular weight is 272 g/mol. The summed E-state index contributed by atoms with van der Waals surface area (Å²) >= 11 is 0. The lowest BCUT2D eigenvalue weighted by molar-refractivity contribution is 0.0206. The molecule has 5 heteroatoms. The van der Waals surface area contributed by atoms with Crippen molar-refractivity contribution in [2.45, 2.75) is 31.9 Å². The van der Waals surface area contributed by atoms with Gasteiger partial charge >= 0.3 is 0 Å². The lowest BCUT2D eigenvalue weighted by Crippen LogP contribution is -2.36. The van der Waals surface area contributed by atoms with Crippen LogP contribution in [0.3, 0.4) is 0 Å². The highest BCUT2D eigenvalue weighted by molar-refractivity contribution is 5.28. The summed E-state index contributed by atoms with van der Waals surface area (Å²) in [6.45, 7) is 4.60. The second-order valence-electron chi connectivity index (χ2n) is 5.47. The fourth-order valence-electron chi connectivity index (χ4n) is 2.49. The average Bonchev–Trinajstić information content (AvgIpc) is 3.10. The highest BCUT2D eigenvalue weighted by Crippen LogP contribution is 2.23. The summed E-state index contributed by atoms with van der Waals surface area (Å²) in [4.78, 5) is 1.66. The van der Waals surface area contributed by atoms with Crippen LogP contribution in [-0.2, 0) is 11.3 Å². The molecule has 1 N–H and O–H groups in total. The van der Waals surface area contributed by atoms with Gasteiger partial charge in [0.15, 0.2) is 0 Å². The van der Waals surface area contributed by atoms with E-state index in [-0.39, 0.29) is 5.60 Å². The van der Waals surface area contributed by atoms with E-state index in [2.05, 4.69) is 22.4 Å². The Morgan fingerprint density at radius 1 is 1.35 bits per heavy atom. The van der Waals surface area contributed by atoms with Crippen LogP contribution in [0.5, 0.6) is 0 Å². The van der Waals surface area contributed by atoms with Gasteiger partial charge in [-0.15, -0.1) is 0 Å². The van der Waals surface area contributed by atoms with Crippen molar-refractivity contribution in [2.24, 2.45) is 0 Å². The van der Waals surface area contributed by atoms with Gasteiger partial charge in [0.05, 0.1) is 23.2 Å². The molecule has 3 rings (SSSR count). The quantitative estimate of drug-likeness (QED) is 0.903. The van der Waals surface area contributed by atoms with Crippen molar-refractivity contribution in [3.8, 4) is 5.69 Å². The Bertz CT molecular complexity index is 546. The van der Waals surface area contributed by atoms with Crippen LogP contribution in [-0.4, -0.2) is 33.7 Å². The van der Waals surface area contributed by atoms with Crippen molar-refractivity contribution in [1.29, 1.82) is 0 Å². The molecule has 2 aromatic rings. The third kappa shape index (κ3) is 3.05. The van der Waals surface area contributed by atoms with Crippen LogP contribution in [0.4, 0.5) is 0 Å². The van der Waals surface area contributed by atoms with Crippen LogP contribution in [0.2, 0.25) is 0 Å². The van der Waals surface area contributed by atoms with Gasteiger partial charge in [-0.05, 0) is 31.9 Å². The molecule has 20 heavy (non-hydrogen) atoms. The molecule has 0 bridgehead atoms. The third-order valence-corrected chi connectivity index (χ3v) is 3.63. The zero-order valence-electron chi connectivity index (χ0n) is 11.7. The Kier molecular flexibility index (Phi) is 3.80. The van der Waals surface area contributed by atoms with Crippen molar-refractivity contribution >= 4 is 0 Å². The molecular weight excluding hydrogens is 252 g/mol. The molecule has 1 aliphatic heterocycles. The normalized spacial score (nSPS) is 22.2. The first-order chi connectivity index (χ1) is 9.75. The van der Waals surface area contributed by atoms with Gasteiger partial charge < -0.3 is 10.1 Å².